The molecule has 0 radical (unpaired) electrons. The SMILES string of the molecule is CCC1CCCC(Oc2ccc(C#N)cc2Br)C1. The Morgan fingerprint density at radius 1 is 1.44 bits per heavy atom. The van der Waals surface area contributed by atoms with Gasteiger partial charge in [-0.25, -0.2) is 0 Å². The number of hydrogen-bond donors (Lipinski definition) is 0. The van der Waals surface area contributed by atoms with Gasteiger partial charge < -0.3 is 4.74 Å². The molecule has 18 heavy (non-hydrogen) atoms. The lowest BCUT2D eigenvalue weighted by Crippen LogP contribution is -2.25. The van der Waals surface area contributed by atoms with E-state index in [9.17, 15) is 0 Å². The molecule has 1 aromatic carbocycles. The summed E-state index contributed by atoms with van der Waals surface area (Å²) in [6.45, 7) is 2.25. The van der Waals surface area contributed by atoms with Crippen molar-refractivity contribution in [3.8, 4) is 11.8 Å². The number of nitrogens with zero attached hydrogens (tertiary/aromatic N) is 1. The minimum absolute atomic E-state index is 0.327. The van der Waals surface area contributed by atoms with Gasteiger partial charge >= 0.3 is 0 Å². The molecule has 1 aliphatic rings. The van der Waals surface area contributed by atoms with Gasteiger partial charge in [-0.3, -0.25) is 0 Å². The van der Waals surface area contributed by atoms with Gasteiger partial charge in [0.15, 0.2) is 0 Å². The molecule has 1 aliphatic carbocycles. The zero-order chi connectivity index (χ0) is 13.0. The van der Waals surface area contributed by atoms with Crippen LogP contribution >= 0.6 is 15.9 Å². The maximum atomic E-state index is 8.83. The largest absolute Gasteiger partial charge is 0.489 e. The second-order valence-corrected chi connectivity index (χ2v) is 5.79. The molecule has 0 N–H and O–H groups in total. The van der Waals surface area contributed by atoms with Gasteiger partial charge in [-0.15, -0.1) is 0 Å². The van der Waals surface area contributed by atoms with Gasteiger partial charge in [-0.1, -0.05) is 19.8 Å². The van der Waals surface area contributed by atoms with E-state index in [1.54, 1.807) is 6.07 Å². The smallest absolute Gasteiger partial charge is 0.133 e. The van der Waals surface area contributed by atoms with E-state index in [1.165, 1.54) is 19.3 Å². The first-order chi connectivity index (χ1) is 8.72. The fourth-order valence-corrected chi connectivity index (χ4v) is 3.04. The monoisotopic (exact) mass is 307 g/mol. The summed E-state index contributed by atoms with van der Waals surface area (Å²) in [4.78, 5) is 0. The summed E-state index contributed by atoms with van der Waals surface area (Å²) in [6.07, 6.45) is 6.47. The highest BCUT2D eigenvalue weighted by molar-refractivity contribution is 9.10. The highest BCUT2D eigenvalue weighted by atomic mass is 79.9. The molecule has 0 bridgehead atoms. The molecule has 0 aromatic heterocycles. The number of nitriles is 1. The molecule has 0 spiro atoms. The Hall–Kier alpha value is -1.01. The van der Waals surface area contributed by atoms with Crippen LogP contribution in [-0.4, -0.2) is 6.10 Å². The van der Waals surface area contributed by atoms with Crippen LogP contribution in [-0.2, 0) is 0 Å². The van der Waals surface area contributed by atoms with Crippen molar-refractivity contribution in [1.82, 2.24) is 0 Å². The molecule has 1 saturated carbocycles. The van der Waals surface area contributed by atoms with Crippen molar-refractivity contribution in [3.05, 3.63) is 28.2 Å². The third-order valence-corrected chi connectivity index (χ3v) is 4.29. The number of halogens is 1. The van der Waals surface area contributed by atoms with Crippen LogP contribution in [0, 0.1) is 17.2 Å². The molecule has 1 fully saturated rings. The molecule has 2 unspecified atom stereocenters. The Labute approximate surface area is 117 Å². The lowest BCUT2D eigenvalue weighted by atomic mass is 9.85. The Kier molecular flexibility index (Phi) is 4.66. The number of rotatable bonds is 3. The first-order valence-corrected chi connectivity index (χ1v) is 7.38. The molecular formula is C15H18BrNO. The van der Waals surface area contributed by atoms with Crippen LogP contribution in [0.2, 0.25) is 0 Å². The average molecular weight is 308 g/mol. The van der Waals surface area contributed by atoms with Crippen LogP contribution in [0.4, 0.5) is 0 Å². The van der Waals surface area contributed by atoms with Gasteiger partial charge in [0.05, 0.1) is 22.2 Å². The molecule has 2 nitrogen and oxygen atoms in total. The second-order valence-electron chi connectivity index (χ2n) is 4.94. The molecule has 0 amide bonds. The Morgan fingerprint density at radius 3 is 2.94 bits per heavy atom. The van der Waals surface area contributed by atoms with Crippen molar-refractivity contribution in [1.29, 1.82) is 5.26 Å². The molecule has 0 saturated heterocycles. The molecular weight excluding hydrogens is 290 g/mol. The summed E-state index contributed by atoms with van der Waals surface area (Å²) in [7, 11) is 0. The van der Waals surface area contributed by atoms with Gasteiger partial charge in [0, 0.05) is 0 Å². The maximum Gasteiger partial charge on any atom is 0.133 e. The number of hydrogen-bond acceptors (Lipinski definition) is 2. The van der Waals surface area contributed by atoms with E-state index >= 15 is 0 Å². The summed E-state index contributed by atoms with van der Waals surface area (Å²) >= 11 is 3.47. The highest BCUT2D eigenvalue weighted by Gasteiger charge is 2.22. The van der Waals surface area contributed by atoms with E-state index in [0.717, 1.165) is 29.0 Å². The fourth-order valence-electron chi connectivity index (χ4n) is 2.57. The normalized spacial score (nSPS) is 23.4. The summed E-state index contributed by atoms with van der Waals surface area (Å²) in [5.41, 5.74) is 0.657. The lowest BCUT2D eigenvalue weighted by molar-refractivity contribution is 0.121. The van der Waals surface area contributed by atoms with E-state index < -0.39 is 0 Å². The van der Waals surface area contributed by atoms with Crippen molar-refractivity contribution in [3.63, 3.8) is 0 Å². The molecule has 0 heterocycles. The summed E-state index contributed by atoms with van der Waals surface area (Å²) < 4.78 is 6.94. The Balaban J connectivity index is 2.03. The fraction of sp³-hybridized carbons (Fsp3) is 0.533. The molecule has 2 atom stereocenters. The lowest BCUT2D eigenvalue weighted by Gasteiger charge is -2.29. The zero-order valence-electron chi connectivity index (χ0n) is 10.7. The molecule has 3 heteroatoms. The predicted molar refractivity (Wildman–Crippen MR) is 75.5 cm³/mol. The third-order valence-electron chi connectivity index (χ3n) is 3.67. The topological polar surface area (TPSA) is 33.0 Å². The van der Waals surface area contributed by atoms with E-state index in [4.69, 9.17) is 10.00 Å². The van der Waals surface area contributed by atoms with Gasteiger partial charge in [0.25, 0.3) is 0 Å². The second kappa shape index (κ2) is 6.24. The summed E-state index contributed by atoms with van der Waals surface area (Å²) in [5.74, 6) is 1.66. The first kappa shape index (κ1) is 13.4. The highest BCUT2D eigenvalue weighted by Crippen LogP contribution is 2.32. The molecule has 96 valence electrons. The molecule has 2 rings (SSSR count). The van der Waals surface area contributed by atoms with Gasteiger partial charge in [0.2, 0.25) is 0 Å². The maximum absolute atomic E-state index is 8.83. The quantitative estimate of drug-likeness (QED) is 0.813. The van der Waals surface area contributed by atoms with Crippen molar-refractivity contribution in [2.75, 3.05) is 0 Å². The summed E-state index contributed by atoms with van der Waals surface area (Å²) in [6, 6.07) is 7.64. The Bertz CT molecular complexity index is 452. The van der Waals surface area contributed by atoms with Crippen molar-refractivity contribution < 1.29 is 4.74 Å². The Morgan fingerprint density at radius 2 is 2.28 bits per heavy atom. The van der Waals surface area contributed by atoms with E-state index in [1.807, 2.05) is 12.1 Å². The van der Waals surface area contributed by atoms with Crippen LogP contribution < -0.4 is 4.74 Å². The molecule has 0 aliphatic heterocycles. The van der Waals surface area contributed by atoms with Crippen LogP contribution in [0.15, 0.2) is 22.7 Å². The van der Waals surface area contributed by atoms with E-state index in [2.05, 4.69) is 28.9 Å². The first-order valence-electron chi connectivity index (χ1n) is 6.59. The van der Waals surface area contributed by atoms with Gasteiger partial charge in [0.1, 0.15) is 5.75 Å². The van der Waals surface area contributed by atoms with Crippen molar-refractivity contribution >= 4 is 15.9 Å². The minimum Gasteiger partial charge on any atom is -0.489 e. The van der Waals surface area contributed by atoms with Crippen LogP contribution in [0.3, 0.4) is 0 Å². The van der Waals surface area contributed by atoms with Crippen LogP contribution in [0.5, 0.6) is 5.75 Å². The van der Waals surface area contributed by atoms with E-state index in [-0.39, 0.29) is 0 Å². The van der Waals surface area contributed by atoms with Crippen LogP contribution in [0.25, 0.3) is 0 Å². The van der Waals surface area contributed by atoms with E-state index in [0.29, 0.717) is 11.7 Å². The number of ether oxygens (including phenoxy) is 1. The average Bonchev–Trinajstić information content (AvgIpc) is 2.41. The zero-order valence-corrected chi connectivity index (χ0v) is 12.2. The van der Waals surface area contributed by atoms with Gasteiger partial charge in [-0.05, 0) is 59.3 Å². The molecule has 1 aromatic rings. The number of benzene rings is 1. The van der Waals surface area contributed by atoms with Gasteiger partial charge in [-0.2, -0.15) is 5.26 Å². The third kappa shape index (κ3) is 3.26. The van der Waals surface area contributed by atoms with Crippen molar-refractivity contribution in [2.45, 2.75) is 45.1 Å². The summed E-state index contributed by atoms with van der Waals surface area (Å²) in [5, 5.41) is 8.83. The minimum atomic E-state index is 0.327. The standard InChI is InChI=1S/C15H18BrNO/c1-2-11-4-3-5-13(8-11)18-15-7-6-12(10-17)9-14(15)16/h6-7,9,11,13H,2-5,8H2,1H3. The van der Waals surface area contributed by atoms with Crippen molar-refractivity contribution in [2.24, 2.45) is 5.92 Å². The predicted octanol–water partition coefficient (Wildman–Crippen LogP) is 4.67. The van der Waals surface area contributed by atoms with Crippen LogP contribution in [0.1, 0.15) is 44.6 Å².